The number of carbonyl (C=O) groups excluding carboxylic acids is 1. The normalized spacial score (nSPS) is 20.6. The maximum absolute atomic E-state index is 12.1. The van der Waals surface area contributed by atoms with Crippen LogP contribution in [0, 0.1) is 5.92 Å². The van der Waals surface area contributed by atoms with Crippen LogP contribution in [0.1, 0.15) is 49.0 Å². The van der Waals surface area contributed by atoms with Crippen LogP contribution >= 0.6 is 11.3 Å². The largest absolute Gasteiger partial charge is 0.492 e. The lowest BCUT2D eigenvalue weighted by Gasteiger charge is -2.33. The van der Waals surface area contributed by atoms with Crippen LogP contribution < -0.4 is 4.90 Å². The van der Waals surface area contributed by atoms with Crippen molar-refractivity contribution >= 4 is 22.3 Å². The molecular formula is C21H27N4O3S+. The Morgan fingerprint density at radius 3 is 2.66 bits per heavy atom. The van der Waals surface area contributed by atoms with Gasteiger partial charge in [-0.05, 0) is 6.92 Å². The van der Waals surface area contributed by atoms with Crippen LogP contribution in [0.5, 0.6) is 5.88 Å². The lowest BCUT2D eigenvalue weighted by Crippen LogP contribution is -3.13. The van der Waals surface area contributed by atoms with Crippen molar-refractivity contribution < 1.29 is 19.5 Å². The van der Waals surface area contributed by atoms with E-state index in [0.717, 1.165) is 53.6 Å². The molecule has 0 bridgehead atoms. The standard InChI is InChI=1S/C21H26N4O3S/c1-3-16-22-21-25(23-16)19(26)18(29-21)17(14-8-6-5-7-9-14)24-12-10-15(11-13-24)20(27)28-4-2/h5-9,15,17,26H,3-4,10-13H2,1-2H3/p+1/t17-/m0/s1. The molecule has 2 N–H and O–H groups in total. The molecule has 0 amide bonds. The van der Waals surface area contributed by atoms with E-state index in [1.807, 2.05) is 32.0 Å². The Balaban J connectivity index is 1.65. The Morgan fingerprint density at radius 2 is 2.03 bits per heavy atom. The van der Waals surface area contributed by atoms with Crippen molar-refractivity contribution in [1.82, 2.24) is 14.6 Å². The number of aromatic nitrogens is 3. The lowest BCUT2D eigenvalue weighted by molar-refractivity contribution is -0.930. The maximum atomic E-state index is 12.1. The van der Waals surface area contributed by atoms with E-state index in [1.54, 1.807) is 4.52 Å². The van der Waals surface area contributed by atoms with Crippen LogP contribution in [0.2, 0.25) is 0 Å². The van der Waals surface area contributed by atoms with Gasteiger partial charge in [-0.15, -0.1) is 5.10 Å². The van der Waals surface area contributed by atoms with Gasteiger partial charge in [-0.1, -0.05) is 48.6 Å². The number of nitrogens with zero attached hydrogens (tertiary/aromatic N) is 3. The number of likely N-dealkylation sites (tertiary alicyclic amines) is 1. The summed E-state index contributed by atoms with van der Waals surface area (Å²) in [7, 11) is 0. The molecule has 1 aliphatic heterocycles. The highest BCUT2D eigenvalue weighted by Crippen LogP contribution is 2.35. The van der Waals surface area contributed by atoms with Crippen LogP contribution in [0.4, 0.5) is 0 Å². The molecule has 7 nitrogen and oxygen atoms in total. The summed E-state index contributed by atoms with van der Waals surface area (Å²) in [6, 6.07) is 10.2. The second kappa shape index (κ2) is 8.51. The summed E-state index contributed by atoms with van der Waals surface area (Å²) in [4.78, 5) is 19.6. The van der Waals surface area contributed by atoms with Crippen LogP contribution in [-0.4, -0.2) is 45.4 Å². The van der Waals surface area contributed by atoms with Gasteiger partial charge in [0.15, 0.2) is 11.9 Å². The zero-order chi connectivity index (χ0) is 20.4. The fourth-order valence-electron chi connectivity index (χ4n) is 4.12. The smallest absolute Gasteiger partial charge is 0.309 e. The minimum absolute atomic E-state index is 0.0158. The van der Waals surface area contributed by atoms with Crippen molar-refractivity contribution in [1.29, 1.82) is 0 Å². The van der Waals surface area contributed by atoms with Gasteiger partial charge in [-0.2, -0.15) is 4.52 Å². The molecule has 2 aromatic heterocycles. The predicted molar refractivity (Wildman–Crippen MR) is 110 cm³/mol. The fourth-order valence-corrected chi connectivity index (χ4v) is 5.28. The predicted octanol–water partition coefficient (Wildman–Crippen LogP) is 2.01. The average Bonchev–Trinajstić information content (AvgIpc) is 3.29. The van der Waals surface area contributed by atoms with E-state index >= 15 is 0 Å². The molecule has 3 aromatic rings. The van der Waals surface area contributed by atoms with Gasteiger partial charge in [0.25, 0.3) is 0 Å². The van der Waals surface area contributed by atoms with Crippen molar-refractivity contribution in [3.8, 4) is 5.88 Å². The van der Waals surface area contributed by atoms with Crippen molar-refractivity contribution in [2.75, 3.05) is 19.7 Å². The van der Waals surface area contributed by atoms with Gasteiger partial charge in [0, 0.05) is 24.8 Å². The second-order valence-electron chi connectivity index (χ2n) is 7.39. The number of thiazole rings is 1. The van der Waals surface area contributed by atoms with Crippen LogP contribution in [0.15, 0.2) is 30.3 Å². The number of aryl methyl sites for hydroxylation is 1. The van der Waals surface area contributed by atoms with Gasteiger partial charge in [-0.25, -0.2) is 4.98 Å². The number of hydrogen-bond acceptors (Lipinski definition) is 6. The number of carbonyl (C=O) groups is 1. The highest BCUT2D eigenvalue weighted by Gasteiger charge is 2.37. The molecule has 0 aliphatic carbocycles. The SMILES string of the molecule is CCOC(=O)C1CC[NH+]([C@@H](c2ccccc2)c2sc3nc(CC)nn3c2O)CC1. The Labute approximate surface area is 173 Å². The molecule has 29 heavy (non-hydrogen) atoms. The molecule has 4 rings (SSSR count). The minimum Gasteiger partial charge on any atom is -0.492 e. The fraction of sp³-hybridized carbons (Fsp3) is 0.476. The quantitative estimate of drug-likeness (QED) is 0.602. The number of piperidine rings is 1. The van der Waals surface area contributed by atoms with Gasteiger partial charge in [0.1, 0.15) is 4.88 Å². The number of rotatable bonds is 6. The Kier molecular flexibility index (Phi) is 5.82. The topological polar surface area (TPSA) is 81.2 Å². The monoisotopic (exact) mass is 415 g/mol. The van der Waals surface area contributed by atoms with E-state index in [0.29, 0.717) is 6.61 Å². The van der Waals surface area contributed by atoms with E-state index in [1.165, 1.54) is 16.2 Å². The first-order valence-electron chi connectivity index (χ1n) is 10.3. The molecule has 0 saturated carbocycles. The van der Waals surface area contributed by atoms with Gasteiger partial charge >= 0.3 is 5.97 Å². The van der Waals surface area contributed by atoms with E-state index in [-0.39, 0.29) is 23.8 Å². The third-order valence-electron chi connectivity index (χ3n) is 5.61. The molecule has 8 heteroatoms. The highest BCUT2D eigenvalue weighted by molar-refractivity contribution is 7.17. The first-order chi connectivity index (χ1) is 14.1. The first-order valence-corrected chi connectivity index (χ1v) is 11.1. The number of quaternary nitrogens is 1. The summed E-state index contributed by atoms with van der Waals surface area (Å²) in [5.41, 5.74) is 1.15. The second-order valence-corrected chi connectivity index (χ2v) is 8.40. The summed E-state index contributed by atoms with van der Waals surface area (Å²) >= 11 is 1.50. The third-order valence-corrected chi connectivity index (χ3v) is 6.70. The Morgan fingerprint density at radius 1 is 1.31 bits per heavy atom. The molecule has 1 atom stereocenters. The number of benzene rings is 1. The number of aromatic hydroxyl groups is 1. The van der Waals surface area contributed by atoms with Crippen molar-refractivity contribution in [3.63, 3.8) is 0 Å². The van der Waals surface area contributed by atoms with Gasteiger partial charge < -0.3 is 14.7 Å². The average molecular weight is 416 g/mol. The summed E-state index contributed by atoms with van der Waals surface area (Å²) < 4.78 is 6.77. The van der Waals surface area contributed by atoms with Crippen LogP contribution in [-0.2, 0) is 16.0 Å². The van der Waals surface area contributed by atoms with Gasteiger partial charge in [0.05, 0.1) is 25.6 Å². The summed E-state index contributed by atoms with van der Waals surface area (Å²) in [5, 5.41) is 15.4. The maximum Gasteiger partial charge on any atom is 0.309 e. The molecule has 1 aliphatic rings. The van der Waals surface area contributed by atoms with E-state index in [4.69, 9.17) is 4.74 Å². The van der Waals surface area contributed by atoms with E-state index in [2.05, 4.69) is 22.2 Å². The number of esters is 1. The van der Waals surface area contributed by atoms with E-state index < -0.39 is 0 Å². The minimum atomic E-state index is -0.0865. The molecule has 0 unspecified atom stereocenters. The number of fused-ring (bicyclic) bond motifs is 1. The van der Waals surface area contributed by atoms with Crippen molar-refractivity contribution in [3.05, 3.63) is 46.6 Å². The molecule has 1 fully saturated rings. The number of ether oxygens (including phenoxy) is 1. The summed E-state index contributed by atoms with van der Waals surface area (Å²) in [6.07, 6.45) is 2.32. The molecule has 1 aromatic carbocycles. The number of hydrogen-bond donors (Lipinski definition) is 2. The molecule has 0 spiro atoms. The molecule has 154 valence electrons. The molecule has 0 radical (unpaired) electrons. The van der Waals surface area contributed by atoms with Gasteiger partial charge in [-0.3, -0.25) is 4.79 Å². The van der Waals surface area contributed by atoms with Gasteiger partial charge in [0.2, 0.25) is 10.8 Å². The summed E-state index contributed by atoms with van der Waals surface area (Å²) in [5.74, 6) is 0.790. The third kappa shape index (κ3) is 3.86. The molecule has 3 heterocycles. The van der Waals surface area contributed by atoms with E-state index in [9.17, 15) is 9.90 Å². The van der Waals surface area contributed by atoms with Crippen molar-refractivity contribution in [2.45, 2.75) is 39.2 Å². The first kappa shape index (κ1) is 19.8. The summed E-state index contributed by atoms with van der Waals surface area (Å²) in [6.45, 7) is 5.96. The molecular weight excluding hydrogens is 388 g/mol. The zero-order valence-electron chi connectivity index (χ0n) is 16.8. The zero-order valence-corrected chi connectivity index (χ0v) is 17.6. The molecule has 1 saturated heterocycles. The van der Waals surface area contributed by atoms with Crippen LogP contribution in [0.3, 0.4) is 0 Å². The lowest BCUT2D eigenvalue weighted by atomic mass is 9.94. The number of nitrogens with one attached hydrogen (secondary N) is 1. The van der Waals surface area contributed by atoms with Crippen LogP contribution in [0.25, 0.3) is 4.96 Å². The van der Waals surface area contributed by atoms with Crippen molar-refractivity contribution in [2.24, 2.45) is 5.92 Å². The Hall–Kier alpha value is -2.45. The Bertz CT molecular complexity index is 977. The highest BCUT2D eigenvalue weighted by atomic mass is 32.1.